The van der Waals surface area contributed by atoms with Crippen LogP contribution in [-0.4, -0.2) is 60.2 Å². The van der Waals surface area contributed by atoms with E-state index in [1.807, 2.05) is 0 Å². The zero-order chi connectivity index (χ0) is 13.8. The van der Waals surface area contributed by atoms with Crippen molar-refractivity contribution in [3.8, 4) is 0 Å². The first kappa shape index (κ1) is 12.8. The number of aromatic nitrogens is 2. The number of hydrogen-bond acceptors (Lipinski definition) is 6. The van der Waals surface area contributed by atoms with Gasteiger partial charge in [0.2, 0.25) is 6.35 Å². The second-order valence-electron chi connectivity index (χ2n) is 4.26. The zero-order valence-corrected chi connectivity index (χ0v) is 11.3. The van der Waals surface area contributed by atoms with Crippen LogP contribution >= 0.6 is 0 Å². The predicted molar refractivity (Wildman–Crippen MR) is 63.7 cm³/mol. The number of carbonyl (C=O) groups is 1. The number of nitrogens with zero attached hydrogens (tertiary/aromatic N) is 4. The van der Waals surface area contributed by atoms with Crippen LogP contribution in [0.25, 0.3) is 0 Å². The molecule has 0 aliphatic carbocycles. The largest absolute Gasteiger partial charge is 0.356 e. The highest BCUT2D eigenvalue weighted by atomic mass is 32.2. The van der Waals surface area contributed by atoms with Crippen LogP contribution in [0.15, 0.2) is 0 Å². The van der Waals surface area contributed by atoms with Crippen molar-refractivity contribution in [2.45, 2.75) is 13.3 Å². The van der Waals surface area contributed by atoms with Gasteiger partial charge in [-0.25, -0.2) is 8.42 Å². The Morgan fingerprint density at radius 1 is 1.28 bits per heavy atom. The fourth-order valence-electron chi connectivity index (χ4n) is 1.94. The first-order chi connectivity index (χ1) is 8.16. The van der Waals surface area contributed by atoms with Crippen LogP contribution in [0.3, 0.4) is 0 Å². The Hall–Kier alpha value is -1.61. The van der Waals surface area contributed by atoms with Gasteiger partial charge in [0, 0.05) is 14.1 Å². The summed E-state index contributed by atoms with van der Waals surface area (Å²) < 4.78 is 23.9. The van der Waals surface area contributed by atoms with E-state index in [1.165, 1.54) is 25.9 Å². The second kappa shape index (κ2) is 3.69. The molecule has 1 aromatic heterocycles. The number of hydrogen-bond donors (Lipinski definition) is 1. The van der Waals surface area contributed by atoms with Crippen LogP contribution in [0.4, 0.5) is 5.82 Å². The summed E-state index contributed by atoms with van der Waals surface area (Å²) in [7, 11) is -0.615. The van der Waals surface area contributed by atoms with Gasteiger partial charge in [0.15, 0.2) is 5.82 Å². The standard InChI is InChI=1S/C9H14N4O4S/c1-5-6-7(10-13(5)18(4,16)17)11(2)9(15)12(3)8(6)14/h9,15H,1-4H3. The molecular formula is C9H14N4O4S. The van der Waals surface area contributed by atoms with Crippen LogP contribution in [0.2, 0.25) is 0 Å². The smallest absolute Gasteiger partial charge is 0.262 e. The first-order valence-corrected chi connectivity index (χ1v) is 6.99. The number of aliphatic hydroxyl groups is 1. The van der Waals surface area contributed by atoms with E-state index in [0.717, 1.165) is 15.2 Å². The lowest BCUT2D eigenvalue weighted by atomic mass is 10.2. The molecule has 0 aromatic carbocycles. The molecule has 1 atom stereocenters. The molecule has 1 N–H and O–H groups in total. The maximum atomic E-state index is 12.0. The fourth-order valence-corrected chi connectivity index (χ4v) is 2.75. The summed E-state index contributed by atoms with van der Waals surface area (Å²) in [5.41, 5.74) is 0.429. The van der Waals surface area contributed by atoms with Gasteiger partial charge < -0.3 is 10.0 Å². The highest BCUT2D eigenvalue weighted by Crippen LogP contribution is 2.30. The Balaban J connectivity index is 2.74. The Labute approximate surface area is 104 Å². The van der Waals surface area contributed by atoms with Crippen LogP contribution in [0, 0.1) is 6.92 Å². The van der Waals surface area contributed by atoms with Crippen molar-refractivity contribution < 1.29 is 18.3 Å². The molecule has 0 spiro atoms. The number of rotatable bonds is 1. The van der Waals surface area contributed by atoms with Crippen molar-refractivity contribution in [2.24, 2.45) is 0 Å². The van der Waals surface area contributed by atoms with Crippen molar-refractivity contribution in [2.75, 3.05) is 25.3 Å². The van der Waals surface area contributed by atoms with Gasteiger partial charge in [-0.15, -0.1) is 5.10 Å². The zero-order valence-electron chi connectivity index (χ0n) is 10.4. The first-order valence-electron chi connectivity index (χ1n) is 5.14. The van der Waals surface area contributed by atoms with Gasteiger partial charge in [-0.1, -0.05) is 0 Å². The van der Waals surface area contributed by atoms with E-state index >= 15 is 0 Å². The molecule has 1 unspecified atom stereocenters. The third kappa shape index (κ3) is 1.58. The molecule has 0 bridgehead atoms. The lowest BCUT2D eigenvalue weighted by Gasteiger charge is -2.35. The minimum Gasteiger partial charge on any atom is -0.356 e. The van der Waals surface area contributed by atoms with Crippen molar-refractivity contribution in [1.82, 2.24) is 14.1 Å². The van der Waals surface area contributed by atoms with Crippen molar-refractivity contribution >= 4 is 21.7 Å². The van der Waals surface area contributed by atoms with E-state index in [9.17, 15) is 18.3 Å². The Kier molecular flexibility index (Phi) is 2.63. The van der Waals surface area contributed by atoms with Gasteiger partial charge in [-0.2, -0.15) is 4.09 Å². The van der Waals surface area contributed by atoms with Crippen molar-refractivity contribution in [3.63, 3.8) is 0 Å². The van der Waals surface area contributed by atoms with Gasteiger partial charge in [0.25, 0.3) is 15.9 Å². The summed E-state index contributed by atoms with van der Waals surface area (Å²) >= 11 is 0. The lowest BCUT2D eigenvalue weighted by Crippen LogP contribution is -2.51. The number of aliphatic hydroxyl groups excluding tert-OH is 1. The van der Waals surface area contributed by atoms with Gasteiger partial charge in [-0.3, -0.25) is 9.69 Å². The number of fused-ring (bicyclic) bond motifs is 1. The summed E-state index contributed by atoms with van der Waals surface area (Å²) in [5.74, 6) is -0.295. The van der Waals surface area contributed by atoms with Crippen LogP contribution in [-0.2, 0) is 10.0 Å². The van der Waals surface area contributed by atoms with E-state index in [0.29, 0.717) is 0 Å². The summed E-state index contributed by atoms with van der Waals surface area (Å²) in [6.07, 6.45) is -0.157. The molecule has 1 aliphatic rings. The summed E-state index contributed by atoms with van der Waals surface area (Å²) in [4.78, 5) is 14.5. The van der Waals surface area contributed by atoms with Crippen molar-refractivity contribution in [3.05, 3.63) is 11.3 Å². The molecule has 9 heteroatoms. The SMILES string of the molecule is Cc1c2c(nn1S(C)(=O)=O)N(C)C(O)N(C)C2=O. The van der Waals surface area contributed by atoms with Crippen LogP contribution < -0.4 is 4.90 Å². The monoisotopic (exact) mass is 274 g/mol. The molecule has 0 saturated carbocycles. The maximum Gasteiger partial charge on any atom is 0.262 e. The van der Waals surface area contributed by atoms with E-state index < -0.39 is 22.3 Å². The Bertz CT molecular complexity index is 621. The number of amides is 1. The van der Waals surface area contributed by atoms with Gasteiger partial charge in [-0.05, 0) is 6.92 Å². The Morgan fingerprint density at radius 2 is 1.83 bits per heavy atom. The fraction of sp³-hybridized carbons (Fsp3) is 0.556. The topological polar surface area (TPSA) is 95.7 Å². The number of anilines is 1. The highest BCUT2D eigenvalue weighted by molar-refractivity contribution is 7.89. The van der Waals surface area contributed by atoms with Crippen LogP contribution in [0.5, 0.6) is 0 Å². The van der Waals surface area contributed by atoms with E-state index in [1.54, 1.807) is 0 Å². The average molecular weight is 274 g/mol. The van der Waals surface area contributed by atoms with Crippen LogP contribution in [0.1, 0.15) is 16.1 Å². The Morgan fingerprint density at radius 3 is 2.33 bits per heavy atom. The highest BCUT2D eigenvalue weighted by Gasteiger charge is 2.38. The molecule has 0 saturated heterocycles. The van der Waals surface area contributed by atoms with Gasteiger partial charge >= 0.3 is 0 Å². The molecule has 1 aliphatic heterocycles. The summed E-state index contributed by atoms with van der Waals surface area (Å²) in [5, 5.41) is 13.7. The molecule has 1 amide bonds. The van der Waals surface area contributed by atoms with E-state index in [-0.39, 0.29) is 17.1 Å². The molecule has 0 radical (unpaired) electrons. The van der Waals surface area contributed by atoms with Crippen molar-refractivity contribution in [1.29, 1.82) is 0 Å². The third-order valence-electron chi connectivity index (χ3n) is 2.93. The summed E-state index contributed by atoms with van der Waals surface area (Å²) in [6, 6.07) is 0. The molecular weight excluding hydrogens is 260 g/mol. The molecule has 8 nitrogen and oxygen atoms in total. The summed E-state index contributed by atoms with van der Waals surface area (Å²) in [6.45, 7) is 1.50. The minimum atomic E-state index is -3.58. The quantitative estimate of drug-likeness (QED) is 0.691. The predicted octanol–water partition coefficient (Wildman–Crippen LogP) is -1.20. The molecule has 0 fully saturated rings. The number of carbonyl (C=O) groups excluding carboxylic acids is 1. The molecule has 18 heavy (non-hydrogen) atoms. The second-order valence-corrected chi connectivity index (χ2v) is 6.08. The molecule has 1 aromatic rings. The van der Waals surface area contributed by atoms with Gasteiger partial charge in [0.05, 0.1) is 11.9 Å². The van der Waals surface area contributed by atoms with E-state index in [4.69, 9.17) is 0 Å². The molecule has 2 rings (SSSR count). The van der Waals surface area contributed by atoms with E-state index in [2.05, 4.69) is 5.10 Å². The molecule has 2 heterocycles. The minimum absolute atomic E-state index is 0.161. The normalized spacial score (nSPS) is 20.3. The third-order valence-corrected chi connectivity index (χ3v) is 3.92. The average Bonchev–Trinajstić information content (AvgIpc) is 2.61. The molecule has 100 valence electrons. The van der Waals surface area contributed by atoms with Gasteiger partial charge in [0.1, 0.15) is 5.56 Å². The lowest BCUT2D eigenvalue weighted by molar-refractivity contribution is 0.0161. The maximum absolute atomic E-state index is 12.0.